The number of aliphatic hydroxyl groups is 2. The Morgan fingerprint density at radius 3 is 0.733 bits per heavy atom. The van der Waals surface area contributed by atoms with Gasteiger partial charge in [-0.15, -0.1) is 0 Å². The van der Waals surface area contributed by atoms with Crippen molar-refractivity contribution in [1.29, 1.82) is 0 Å². The summed E-state index contributed by atoms with van der Waals surface area (Å²) in [5.74, 6) is -1.88. The molecule has 0 amide bonds. The molecule has 0 aromatic carbocycles. The normalized spacial score (nSPS) is 15.5. The van der Waals surface area contributed by atoms with Crippen molar-refractivity contribution in [2.45, 2.75) is 194 Å². The van der Waals surface area contributed by atoms with Crippen LogP contribution in [0.5, 0.6) is 0 Å². The monoisotopic (exact) mass is 1280 g/mol. The average Bonchev–Trinajstić information content (AvgIpc) is 3.04. The number of hydrogen-bond acceptors (Lipinski definition) is 19. The number of carboxylic acids is 2. The zero-order valence-corrected chi connectivity index (χ0v) is 63.4. The van der Waals surface area contributed by atoms with Gasteiger partial charge in [-0.05, 0) is 196 Å². The van der Waals surface area contributed by atoms with Crippen molar-refractivity contribution < 1.29 is 84.8 Å². The number of aliphatic carboxylic acids is 2. The van der Waals surface area contributed by atoms with E-state index >= 15 is 0 Å². The van der Waals surface area contributed by atoms with Crippen LogP contribution in [0.3, 0.4) is 0 Å². The number of ether oxygens (including phenoxy) is 2. The summed E-state index contributed by atoms with van der Waals surface area (Å²) in [4.78, 5) is 24.9. The molecule has 0 bridgehead atoms. The minimum Gasteiger partial charge on any atom is -0.480 e. The van der Waals surface area contributed by atoms with Gasteiger partial charge in [0, 0.05) is 26.3 Å². The van der Waals surface area contributed by atoms with Crippen LogP contribution in [-0.2, 0) is 64.3 Å². The standard InChI is InChI=1S/C42H108N2O19Si12/c1-43(35-41(47)48)33-39(45)37-51-29-27-31-64(3,4)53-66(7,8)55-68(11,12)57-70(15,16)59-72(19,20)61-74(23,24)63-75(25,26)62-73(21,22)60-71(17,18)58-69(13,14)56-67(9,10)54-65(5,6)32-28-30-52-38-40(46)34-44(2)36-42(49)50/h39-40,45-46H,27-38H2,1-26H3,(H,47,48)(H,49,50). The summed E-state index contributed by atoms with van der Waals surface area (Å²) in [6.07, 6.45) is 0.00886. The molecule has 75 heavy (non-hydrogen) atoms. The molecule has 0 aromatic rings. The van der Waals surface area contributed by atoms with Crippen LogP contribution in [0.2, 0.25) is 169 Å². The smallest absolute Gasteiger partial charge is 0.317 e. The molecule has 2 atom stereocenters. The summed E-state index contributed by atoms with van der Waals surface area (Å²) >= 11 is 0. The number of likely N-dealkylation sites (N-methyl/N-ethyl adjacent to an activating group) is 2. The van der Waals surface area contributed by atoms with Gasteiger partial charge in [0.1, 0.15) is 0 Å². The topological polar surface area (TPSA) is 242 Å². The molecule has 0 fully saturated rings. The predicted octanol–water partition coefficient (Wildman–Crippen LogP) is 8.17. The van der Waals surface area contributed by atoms with E-state index in [9.17, 15) is 19.8 Å². The van der Waals surface area contributed by atoms with Gasteiger partial charge in [-0.1, -0.05) is 0 Å². The largest absolute Gasteiger partial charge is 0.480 e. The number of carbonyl (C=O) groups is 2. The molecule has 33 heteroatoms. The zero-order chi connectivity index (χ0) is 59.1. The highest BCUT2D eigenvalue weighted by Gasteiger charge is 2.51. The van der Waals surface area contributed by atoms with Gasteiger partial charge in [0.05, 0.1) is 38.5 Å². The minimum atomic E-state index is -2.84. The lowest BCUT2D eigenvalue weighted by Gasteiger charge is -2.45. The molecule has 2 unspecified atom stereocenters. The van der Waals surface area contributed by atoms with Gasteiger partial charge in [0.25, 0.3) is 0 Å². The third-order valence-electron chi connectivity index (χ3n) is 10.1. The molecule has 0 aliphatic carbocycles. The first-order valence-electron chi connectivity index (χ1n) is 26.2. The Morgan fingerprint density at radius 1 is 0.360 bits per heavy atom. The van der Waals surface area contributed by atoms with Crippen LogP contribution < -0.4 is 0 Å². The zero-order valence-electron chi connectivity index (χ0n) is 51.4. The van der Waals surface area contributed by atoms with Gasteiger partial charge in [0.2, 0.25) is 0 Å². The Balaban J connectivity index is 5.36. The second-order valence-electron chi connectivity index (χ2n) is 25.5. The minimum absolute atomic E-state index is 0.139. The fraction of sp³-hybridized carbons (Fsp3) is 0.952. The van der Waals surface area contributed by atoms with E-state index < -0.39 is 126 Å². The summed E-state index contributed by atoms with van der Waals surface area (Å²) in [6, 6.07) is 1.70. The second-order valence-corrected chi connectivity index (χ2v) is 70.5. The van der Waals surface area contributed by atoms with Gasteiger partial charge in [-0.3, -0.25) is 19.4 Å². The van der Waals surface area contributed by atoms with Gasteiger partial charge < -0.3 is 75.2 Å². The Labute approximate surface area is 466 Å². The molecule has 0 radical (unpaired) electrons. The SMILES string of the molecule is CN(CC(=O)O)CC(O)COCCC[Si](C)(C)O[Si](C)(C)O[Si](C)(C)O[Si](C)(C)O[Si](C)(C)O[Si](C)(C)O[Si](C)(C)O[Si](C)(C)O[Si](C)(C)O[Si](C)(C)O[Si](C)(C)O[Si](C)(C)CCCOCC(O)CN(C)CC(=O)O. The Bertz CT molecular complexity index is 1610. The van der Waals surface area contributed by atoms with Gasteiger partial charge in [-0.2, -0.15) is 0 Å². The lowest BCUT2D eigenvalue weighted by molar-refractivity contribution is -0.139. The van der Waals surface area contributed by atoms with E-state index in [2.05, 4.69) is 52.4 Å². The summed E-state index contributed by atoms with van der Waals surface area (Å²) in [6.45, 7) is 50.9. The maximum absolute atomic E-state index is 10.9. The van der Waals surface area contributed by atoms with E-state index in [4.69, 9.17) is 65.0 Å². The molecule has 0 saturated carbocycles. The third-order valence-corrected chi connectivity index (χ3v) is 56.9. The van der Waals surface area contributed by atoms with E-state index in [0.29, 0.717) is 13.2 Å². The first-order valence-corrected chi connectivity index (χ1v) is 60.6. The maximum Gasteiger partial charge on any atom is 0.317 e. The van der Waals surface area contributed by atoms with Crippen molar-refractivity contribution in [1.82, 2.24) is 9.80 Å². The first-order chi connectivity index (χ1) is 33.2. The molecule has 0 aromatic heterocycles. The lowest BCUT2D eigenvalue weighted by Crippen LogP contribution is -2.62. The highest BCUT2D eigenvalue weighted by Crippen LogP contribution is 2.32. The van der Waals surface area contributed by atoms with Crippen molar-refractivity contribution in [3.8, 4) is 0 Å². The number of hydrogen-bond donors (Lipinski definition) is 4. The van der Waals surface area contributed by atoms with E-state index in [1.165, 1.54) is 0 Å². The van der Waals surface area contributed by atoms with Crippen LogP contribution in [0, 0.1) is 0 Å². The number of nitrogens with zero attached hydrogens (tertiary/aromatic N) is 2. The van der Waals surface area contributed by atoms with E-state index in [1.54, 1.807) is 23.9 Å². The summed E-state index contributed by atoms with van der Waals surface area (Å²) < 4.78 is 86.6. The number of carboxylic acid groups (broad SMARTS) is 2. The molecular formula is C42H108N2O19Si12. The van der Waals surface area contributed by atoms with Crippen molar-refractivity contribution in [2.24, 2.45) is 0 Å². The number of aliphatic hydroxyl groups excluding tert-OH is 2. The molecule has 0 rings (SSSR count). The molecule has 448 valence electrons. The summed E-state index contributed by atoms with van der Waals surface area (Å²) in [5, 5.41) is 38.3. The van der Waals surface area contributed by atoms with Crippen molar-refractivity contribution in [3.63, 3.8) is 0 Å². The second kappa shape index (κ2) is 30.4. The average molecular weight is 1280 g/mol. The first kappa shape index (κ1) is 75.9. The van der Waals surface area contributed by atoms with Gasteiger partial charge in [-0.25, -0.2) is 0 Å². The number of rotatable bonds is 42. The molecule has 0 saturated heterocycles. The Kier molecular flexibility index (Phi) is 30.8. The molecule has 0 spiro atoms. The maximum atomic E-state index is 10.9. The highest BCUT2D eigenvalue weighted by molar-refractivity contribution is 6.94. The summed E-state index contributed by atoms with van der Waals surface area (Å²) in [5.41, 5.74) is 0. The van der Waals surface area contributed by atoms with Crippen LogP contribution in [0.15, 0.2) is 0 Å². The van der Waals surface area contributed by atoms with E-state index in [0.717, 1.165) is 24.9 Å². The van der Waals surface area contributed by atoms with Gasteiger partial charge >= 0.3 is 97.5 Å². The van der Waals surface area contributed by atoms with E-state index in [-0.39, 0.29) is 39.4 Å². The molecule has 21 nitrogen and oxygen atoms in total. The molecular weight excluding hydrogens is 1170 g/mol. The van der Waals surface area contributed by atoms with Crippen molar-refractivity contribution in [3.05, 3.63) is 0 Å². The molecule has 4 N–H and O–H groups in total. The van der Waals surface area contributed by atoms with Crippen LogP contribution in [0.1, 0.15) is 12.8 Å². The van der Waals surface area contributed by atoms with Crippen LogP contribution in [0.4, 0.5) is 0 Å². The van der Waals surface area contributed by atoms with Crippen LogP contribution in [0.25, 0.3) is 0 Å². The molecule has 0 aliphatic heterocycles. The third kappa shape index (κ3) is 39.1. The van der Waals surface area contributed by atoms with Crippen molar-refractivity contribution in [2.75, 3.05) is 66.7 Å². The fourth-order valence-corrected chi connectivity index (χ4v) is 71.5. The van der Waals surface area contributed by atoms with Crippen LogP contribution in [-0.4, -0.2) is 223 Å². The van der Waals surface area contributed by atoms with Gasteiger partial charge in [0.15, 0.2) is 16.6 Å². The van der Waals surface area contributed by atoms with Crippen LogP contribution >= 0.6 is 0 Å². The fourth-order valence-electron chi connectivity index (χ4n) is 10.0. The predicted molar refractivity (Wildman–Crippen MR) is 324 cm³/mol. The lowest BCUT2D eigenvalue weighted by atomic mass is 10.3. The van der Waals surface area contributed by atoms with E-state index in [1.807, 2.05) is 105 Å². The molecule has 0 aliphatic rings. The van der Waals surface area contributed by atoms with Crippen molar-refractivity contribution >= 4 is 114 Å². The highest BCUT2D eigenvalue weighted by atomic mass is 28.5. The Morgan fingerprint density at radius 2 is 0.547 bits per heavy atom. The molecule has 0 heterocycles. The Hall–Kier alpha value is 0.863. The summed E-state index contributed by atoms with van der Waals surface area (Å²) in [7, 11) is -28.8. The quantitative estimate of drug-likeness (QED) is 0.0333.